The molecule has 2 aliphatic rings. The molecule has 3 aromatic rings. The van der Waals surface area contributed by atoms with E-state index >= 15 is 0 Å². The SMILES string of the molecule is O=C(C1=C(c2ccccc2)S(=O)c2cc(O)ccc21)c1ccc(OCCN2CCCC2)cc1. The number of ether oxygens (including phenoxy) is 1. The molecule has 1 unspecified atom stereocenters. The molecule has 2 heterocycles. The fourth-order valence-electron chi connectivity index (χ4n) is 4.41. The van der Waals surface area contributed by atoms with E-state index in [0.29, 0.717) is 33.1 Å². The molecule has 1 atom stereocenters. The fraction of sp³-hybridized carbons (Fsp3) is 0.222. The molecule has 5 rings (SSSR count). The minimum atomic E-state index is -1.56. The van der Waals surface area contributed by atoms with Gasteiger partial charge in [0.2, 0.25) is 0 Å². The van der Waals surface area contributed by atoms with Crippen molar-refractivity contribution in [2.45, 2.75) is 17.7 Å². The number of carbonyl (C=O) groups is 1. The van der Waals surface area contributed by atoms with E-state index in [1.807, 2.05) is 42.5 Å². The third kappa shape index (κ3) is 4.36. The van der Waals surface area contributed by atoms with Crippen molar-refractivity contribution in [2.75, 3.05) is 26.2 Å². The zero-order valence-corrected chi connectivity index (χ0v) is 19.0. The van der Waals surface area contributed by atoms with Crippen LogP contribution in [0.5, 0.6) is 11.5 Å². The Labute approximate surface area is 195 Å². The monoisotopic (exact) mass is 459 g/mol. The highest BCUT2D eigenvalue weighted by Gasteiger charge is 2.34. The second kappa shape index (κ2) is 9.33. The summed E-state index contributed by atoms with van der Waals surface area (Å²) in [6.07, 6.45) is 2.51. The molecule has 168 valence electrons. The molecular formula is C27H25NO4S. The van der Waals surface area contributed by atoms with Gasteiger partial charge in [-0.05, 0) is 74.0 Å². The first kappa shape index (κ1) is 21.6. The van der Waals surface area contributed by atoms with Gasteiger partial charge in [-0.25, -0.2) is 4.21 Å². The van der Waals surface area contributed by atoms with Gasteiger partial charge in [-0.15, -0.1) is 0 Å². The Morgan fingerprint density at radius 2 is 1.70 bits per heavy atom. The summed E-state index contributed by atoms with van der Waals surface area (Å²) in [5.74, 6) is 0.553. The lowest BCUT2D eigenvalue weighted by Gasteiger charge is -2.15. The lowest BCUT2D eigenvalue weighted by atomic mass is 9.94. The molecule has 1 fully saturated rings. The van der Waals surface area contributed by atoms with Gasteiger partial charge in [0, 0.05) is 23.2 Å². The molecule has 0 spiro atoms. The van der Waals surface area contributed by atoms with E-state index in [-0.39, 0.29) is 11.5 Å². The summed E-state index contributed by atoms with van der Waals surface area (Å²) in [5.41, 5.74) is 2.25. The predicted molar refractivity (Wildman–Crippen MR) is 130 cm³/mol. The number of hydrogen-bond donors (Lipinski definition) is 1. The van der Waals surface area contributed by atoms with Crippen LogP contribution in [-0.2, 0) is 10.8 Å². The number of ketones is 1. The average Bonchev–Trinajstić information content (AvgIpc) is 3.46. The van der Waals surface area contributed by atoms with Gasteiger partial charge >= 0.3 is 0 Å². The first-order chi connectivity index (χ1) is 16.1. The predicted octanol–water partition coefficient (Wildman–Crippen LogP) is 4.74. The number of aromatic hydroxyl groups is 1. The first-order valence-corrected chi connectivity index (χ1v) is 12.3. The van der Waals surface area contributed by atoms with Gasteiger partial charge in [0.25, 0.3) is 0 Å². The third-order valence-electron chi connectivity index (χ3n) is 6.10. The summed E-state index contributed by atoms with van der Waals surface area (Å²) in [7, 11) is -1.56. The number of hydrogen-bond acceptors (Lipinski definition) is 5. The lowest BCUT2D eigenvalue weighted by molar-refractivity contribution is 0.105. The molecule has 1 saturated heterocycles. The van der Waals surface area contributed by atoms with E-state index in [2.05, 4.69) is 4.90 Å². The third-order valence-corrected chi connectivity index (χ3v) is 7.65. The van der Waals surface area contributed by atoms with Crippen LogP contribution in [0.15, 0.2) is 77.7 Å². The Bertz CT molecular complexity index is 1230. The Balaban J connectivity index is 1.43. The molecule has 0 bridgehead atoms. The van der Waals surface area contributed by atoms with Crippen molar-refractivity contribution >= 4 is 27.1 Å². The molecule has 6 heteroatoms. The summed E-state index contributed by atoms with van der Waals surface area (Å²) in [6.45, 7) is 3.79. The van der Waals surface area contributed by atoms with Crippen molar-refractivity contribution in [3.05, 3.63) is 89.5 Å². The largest absolute Gasteiger partial charge is 0.508 e. The number of rotatable bonds is 7. The topological polar surface area (TPSA) is 66.8 Å². The van der Waals surface area contributed by atoms with E-state index in [1.54, 1.807) is 18.2 Å². The van der Waals surface area contributed by atoms with Gasteiger partial charge in [0.05, 0.1) is 20.6 Å². The standard InChI is InChI=1S/C27H25NO4S/c29-21-10-13-23-24(18-21)33(31)27(20-6-2-1-3-7-20)25(23)26(30)19-8-11-22(12-9-19)32-17-16-28-14-4-5-15-28/h1-3,6-13,18,29H,4-5,14-17H2. The number of allylic oxidation sites excluding steroid dienone is 1. The van der Waals surface area contributed by atoms with E-state index in [1.165, 1.54) is 25.0 Å². The zero-order valence-electron chi connectivity index (χ0n) is 18.2. The summed E-state index contributed by atoms with van der Waals surface area (Å²) >= 11 is 0. The molecule has 0 amide bonds. The van der Waals surface area contributed by atoms with Crippen LogP contribution in [0.4, 0.5) is 0 Å². The van der Waals surface area contributed by atoms with Crippen molar-refractivity contribution in [2.24, 2.45) is 0 Å². The first-order valence-electron chi connectivity index (χ1n) is 11.2. The molecule has 5 nitrogen and oxygen atoms in total. The number of nitrogens with zero attached hydrogens (tertiary/aromatic N) is 1. The number of benzene rings is 3. The zero-order chi connectivity index (χ0) is 22.8. The maximum absolute atomic E-state index is 13.6. The molecule has 3 aromatic carbocycles. The molecule has 0 saturated carbocycles. The van der Waals surface area contributed by atoms with Crippen LogP contribution in [-0.4, -0.2) is 46.2 Å². The maximum atomic E-state index is 13.6. The molecule has 0 aliphatic carbocycles. The smallest absolute Gasteiger partial charge is 0.194 e. The van der Waals surface area contributed by atoms with Gasteiger partial charge < -0.3 is 9.84 Å². The minimum absolute atomic E-state index is 0.0265. The van der Waals surface area contributed by atoms with Gasteiger partial charge in [-0.3, -0.25) is 9.69 Å². The van der Waals surface area contributed by atoms with E-state index in [0.717, 1.165) is 30.9 Å². The van der Waals surface area contributed by atoms with Crippen molar-refractivity contribution in [1.82, 2.24) is 4.90 Å². The van der Waals surface area contributed by atoms with Crippen LogP contribution in [0.2, 0.25) is 0 Å². The fourth-order valence-corrected chi connectivity index (χ4v) is 5.96. The summed E-state index contributed by atoms with van der Waals surface area (Å²) in [4.78, 5) is 17.0. The second-order valence-corrected chi connectivity index (χ2v) is 9.66. The summed E-state index contributed by atoms with van der Waals surface area (Å²) in [5, 5.41) is 9.93. The van der Waals surface area contributed by atoms with E-state index < -0.39 is 10.8 Å². The minimum Gasteiger partial charge on any atom is -0.508 e. The Hall–Kier alpha value is -3.22. The average molecular weight is 460 g/mol. The number of Topliss-reactive ketones (excluding diaryl/α,β-unsaturated/α-hetero) is 1. The van der Waals surface area contributed by atoms with Crippen LogP contribution in [0.1, 0.15) is 34.3 Å². The molecule has 1 N–H and O–H groups in total. The molecule has 0 aromatic heterocycles. The van der Waals surface area contributed by atoms with Crippen LogP contribution < -0.4 is 4.74 Å². The van der Waals surface area contributed by atoms with Gasteiger partial charge in [-0.1, -0.05) is 30.3 Å². The maximum Gasteiger partial charge on any atom is 0.194 e. The highest BCUT2D eigenvalue weighted by atomic mass is 32.2. The Morgan fingerprint density at radius 3 is 2.42 bits per heavy atom. The molecule has 0 radical (unpaired) electrons. The number of fused-ring (bicyclic) bond motifs is 1. The lowest BCUT2D eigenvalue weighted by Crippen LogP contribution is -2.25. The second-order valence-electron chi connectivity index (χ2n) is 8.27. The highest BCUT2D eigenvalue weighted by molar-refractivity contribution is 7.95. The van der Waals surface area contributed by atoms with Crippen LogP contribution >= 0.6 is 0 Å². The molecule has 33 heavy (non-hydrogen) atoms. The summed E-state index contributed by atoms with van der Waals surface area (Å²) in [6, 6.07) is 21.1. The molecule has 2 aliphatic heterocycles. The van der Waals surface area contributed by atoms with Crippen molar-refractivity contribution < 1.29 is 18.8 Å². The highest BCUT2D eigenvalue weighted by Crippen LogP contribution is 2.44. The van der Waals surface area contributed by atoms with E-state index in [4.69, 9.17) is 4.74 Å². The number of carbonyl (C=O) groups excluding carboxylic acids is 1. The normalized spacial score (nSPS) is 17.9. The summed E-state index contributed by atoms with van der Waals surface area (Å²) < 4.78 is 19.2. The quantitative estimate of drug-likeness (QED) is 0.517. The Kier molecular flexibility index (Phi) is 6.11. The van der Waals surface area contributed by atoms with Crippen molar-refractivity contribution in [1.29, 1.82) is 0 Å². The van der Waals surface area contributed by atoms with Crippen molar-refractivity contribution in [3.63, 3.8) is 0 Å². The van der Waals surface area contributed by atoms with Crippen LogP contribution in [0.25, 0.3) is 10.5 Å². The number of phenols is 1. The molecular weight excluding hydrogens is 434 g/mol. The van der Waals surface area contributed by atoms with Crippen LogP contribution in [0, 0.1) is 0 Å². The number of phenolic OH excluding ortho intramolecular Hbond substituents is 1. The van der Waals surface area contributed by atoms with Crippen LogP contribution in [0.3, 0.4) is 0 Å². The van der Waals surface area contributed by atoms with Crippen molar-refractivity contribution in [3.8, 4) is 11.5 Å². The van der Waals surface area contributed by atoms with Gasteiger partial charge in [0.1, 0.15) is 18.1 Å². The van der Waals surface area contributed by atoms with Gasteiger partial charge in [-0.2, -0.15) is 0 Å². The van der Waals surface area contributed by atoms with E-state index in [9.17, 15) is 14.1 Å². The van der Waals surface area contributed by atoms with Gasteiger partial charge in [0.15, 0.2) is 5.78 Å². The Morgan fingerprint density at radius 1 is 0.970 bits per heavy atom. The number of likely N-dealkylation sites (tertiary alicyclic amines) is 1.